The number of aliphatic hydroxyl groups excluding tert-OH is 1. The molecule has 0 aliphatic heterocycles. The van der Waals surface area contributed by atoms with E-state index in [2.05, 4.69) is 4.98 Å². The smallest absolute Gasteiger partial charge is 0.269 e. The Morgan fingerprint density at radius 3 is 2.63 bits per heavy atom. The van der Waals surface area contributed by atoms with Gasteiger partial charge >= 0.3 is 0 Å². The summed E-state index contributed by atoms with van der Waals surface area (Å²) < 4.78 is 5.52. The highest BCUT2D eigenvalue weighted by molar-refractivity contribution is 5.33. The Bertz CT molecular complexity index is 569. The van der Waals surface area contributed by atoms with Crippen molar-refractivity contribution < 1.29 is 14.8 Å². The van der Waals surface area contributed by atoms with Crippen LogP contribution in [0.25, 0.3) is 0 Å². The van der Waals surface area contributed by atoms with E-state index in [0.29, 0.717) is 11.4 Å². The zero-order valence-corrected chi connectivity index (χ0v) is 10.0. The van der Waals surface area contributed by atoms with Gasteiger partial charge in [-0.2, -0.15) is 0 Å². The number of hydrogen-bond acceptors (Lipinski definition) is 5. The van der Waals surface area contributed by atoms with Crippen LogP contribution in [0, 0.1) is 10.1 Å². The van der Waals surface area contributed by atoms with E-state index in [1.165, 1.54) is 12.1 Å². The molecule has 0 bridgehead atoms. The standard InChI is InChI=1S/C13H12N2O4/c16-8-12-13(2-1-7-14-12)19-9-10-3-5-11(6-4-10)15(17)18/h1-7,16H,8-9H2. The zero-order valence-electron chi connectivity index (χ0n) is 10.0. The molecule has 0 aliphatic rings. The molecule has 0 saturated carbocycles. The van der Waals surface area contributed by atoms with Crippen LogP contribution in [0.1, 0.15) is 11.3 Å². The molecule has 1 aromatic heterocycles. The summed E-state index contributed by atoms with van der Waals surface area (Å²) in [5.74, 6) is 0.503. The third kappa shape index (κ3) is 3.26. The number of rotatable bonds is 5. The fourth-order valence-electron chi connectivity index (χ4n) is 1.55. The Morgan fingerprint density at radius 2 is 2.00 bits per heavy atom. The van der Waals surface area contributed by atoms with Crippen molar-refractivity contribution in [3.05, 3.63) is 64.0 Å². The van der Waals surface area contributed by atoms with Gasteiger partial charge in [0, 0.05) is 18.3 Å². The molecule has 0 fully saturated rings. The van der Waals surface area contributed by atoms with Gasteiger partial charge in [0.2, 0.25) is 0 Å². The van der Waals surface area contributed by atoms with E-state index in [9.17, 15) is 10.1 Å². The van der Waals surface area contributed by atoms with Gasteiger partial charge in [0.25, 0.3) is 5.69 Å². The maximum atomic E-state index is 10.5. The molecular weight excluding hydrogens is 248 g/mol. The summed E-state index contributed by atoms with van der Waals surface area (Å²) in [4.78, 5) is 14.0. The summed E-state index contributed by atoms with van der Waals surface area (Å²) in [6, 6.07) is 9.54. The molecule has 6 nitrogen and oxygen atoms in total. The van der Waals surface area contributed by atoms with Crippen LogP contribution < -0.4 is 4.74 Å². The van der Waals surface area contributed by atoms with Crippen LogP contribution in [0.2, 0.25) is 0 Å². The van der Waals surface area contributed by atoms with Gasteiger partial charge in [0.05, 0.1) is 11.5 Å². The average molecular weight is 260 g/mol. The van der Waals surface area contributed by atoms with E-state index >= 15 is 0 Å². The van der Waals surface area contributed by atoms with Crippen LogP contribution in [0.5, 0.6) is 5.75 Å². The van der Waals surface area contributed by atoms with E-state index in [1.54, 1.807) is 30.5 Å². The lowest BCUT2D eigenvalue weighted by atomic mass is 10.2. The molecule has 98 valence electrons. The Hall–Kier alpha value is -2.47. The number of non-ortho nitro benzene ring substituents is 1. The predicted molar refractivity (Wildman–Crippen MR) is 67.6 cm³/mol. The van der Waals surface area contributed by atoms with Crippen LogP contribution in [-0.4, -0.2) is 15.0 Å². The summed E-state index contributed by atoms with van der Waals surface area (Å²) in [6.45, 7) is 0.0626. The van der Waals surface area contributed by atoms with Crippen molar-refractivity contribution in [3.8, 4) is 5.75 Å². The van der Waals surface area contributed by atoms with Crippen LogP contribution >= 0.6 is 0 Å². The first-order valence-electron chi connectivity index (χ1n) is 5.61. The first-order chi connectivity index (χ1) is 9.20. The van der Waals surface area contributed by atoms with Crippen molar-refractivity contribution in [1.82, 2.24) is 4.98 Å². The number of benzene rings is 1. The van der Waals surface area contributed by atoms with E-state index in [4.69, 9.17) is 9.84 Å². The zero-order chi connectivity index (χ0) is 13.7. The van der Waals surface area contributed by atoms with E-state index in [0.717, 1.165) is 5.56 Å². The van der Waals surface area contributed by atoms with Crippen molar-refractivity contribution in [2.45, 2.75) is 13.2 Å². The molecule has 0 unspecified atom stereocenters. The number of hydrogen-bond donors (Lipinski definition) is 1. The molecule has 19 heavy (non-hydrogen) atoms. The van der Waals surface area contributed by atoms with Crippen molar-refractivity contribution in [2.24, 2.45) is 0 Å². The van der Waals surface area contributed by atoms with Gasteiger partial charge in [-0.3, -0.25) is 15.1 Å². The molecule has 2 aromatic rings. The monoisotopic (exact) mass is 260 g/mol. The second kappa shape index (κ2) is 5.92. The number of aromatic nitrogens is 1. The van der Waals surface area contributed by atoms with Crippen molar-refractivity contribution in [2.75, 3.05) is 0 Å². The molecule has 0 radical (unpaired) electrons. The Morgan fingerprint density at radius 1 is 1.26 bits per heavy atom. The van der Waals surface area contributed by atoms with Crippen LogP contribution in [0.15, 0.2) is 42.6 Å². The minimum atomic E-state index is -0.449. The minimum Gasteiger partial charge on any atom is -0.487 e. The summed E-state index contributed by atoms with van der Waals surface area (Å²) in [5.41, 5.74) is 1.31. The van der Waals surface area contributed by atoms with Gasteiger partial charge in [-0.15, -0.1) is 0 Å². The van der Waals surface area contributed by atoms with Crippen LogP contribution in [-0.2, 0) is 13.2 Å². The normalized spacial score (nSPS) is 10.2. The maximum absolute atomic E-state index is 10.5. The fourth-order valence-corrected chi connectivity index (χ4v) is 1.55. The van der Waals surface area contributed by atoms with E-state index in [-0.39, 0.29) is 18.9 Å². The first-order valence-corrected chi connectivity index (χ1v) is 5.61. The highest BCUT2D eigenvalue weighted by Crippen LogP contribution is 2.18. The predicted octanol–water partition coefficient (Wildman–Crippen LogP) is 2.06. The lowest BCUT2D eigenvalue weighted by Crippen LogP contribution is -2.00. The first kappa shape index (κ1) is 13.0. The van der Waals surface area contributed by atoms with Crippen LogP contribution in [0.3, 0.4) is 0 Å². The summed E-state index contributed by atoms with van der Waals surface area (Å²) in [7, 11) is 0. The topological polar surface area (TPSA) is 85.5 Å². The number of nitro benzene ring substituents is 1. The van der Waals surface area contributed by atoms with E-state index < -0.39 is 4.92 Å². The minimum absolute atomic E-state index is 0.0428. The third-order valence-electron chi connectivity index (χ3n) is 2.54. The Kier molecular flexibility index (Phi) is 4.04. The highest BCUT2D eigenvalue weighted by Gasteiger charge is 2.06. The molecule has 2 rings (SSSR count). The maximum Gasteiger partial charge on any atom is 0.269 e. The SMILES string of the molecule is O=[N+]([O-])c1ccc(COc2cccnc2CO)cc1. The molecule has 0 aliphatic carbocycles. The third-order valence-corrected chi connectivity index (χ3v) is 2.54. The Labute approximate surface area is 109 Å². The van der Waals surface area contributed by atoms with Gasteiger partial charge < -0.3 is 9.84 Å². The molecule has 0 saturated heterocycles. The number of nitrogens with zero attached hydrogens (tertiary/aromatic N) is 2. The molecule has 1 N–H and O–H groups in total. The van der Waals surface area contributed by atoms with Gasteiger partial charge in [-0.05, 0) is 29.8 Å². The lowest BCUT2D eigenvalue weighted by molar-refractivity contribution is -0.384. The van der Waals surface area contributed by atoms with Gasteiger partial charge in [-0.1, -0.05) is 0 Å². The van der Waals surface area contributed by atoms with Crippen molar-refractivity contribution >= 4 is 5.69 Å². The molecule has 1 heterocycles. The molecule has 6 heteroatoms. The second-order valence-corrected chi connectivity index (χ2v) is 3.82. The second-order valence-electron chi connectivity index (χ2n) is 3.82. The molecule has 0 spiro atoms. The molecular formula is C13H12N2O4. The molecule has 1 aromatic carbocycles. The number of ether oxygens (including phenoxy) is 1. The van der Waals surface area contributed by atoms with Gasteiger partial charge in [0.15, 0.2) is 0 Å². The number of aliphatic hydroxyl groups is 1. The summed E-state index contributed by atoms with van der Waals surface area (Å²) in [5, 5.41) is 19.6. The van der Waals surface area contributed by atoms with Crippen LogP contribution in [0.4, 0.5) is 5.69 Å². The highest BCUT2D eigenvalue weighted by atomic mass is 16.6. The fraction of sp³-hybridized carbons (Fsp3) is 0.154. The largest absolute Gasteiger partial charge is 0.487 e. The van der Waals surface area contributed by atoms with Crippen molar-refractivity contribution in [3.63, 3.8) is 0 Å². The number of nitro groups is 1. The summed E-state index contributed by atoms with van der Waals surface area (Å²) in [6.07, 6.45) is 1.57. The van der Waals surface area contributed by atoms with Gasteiger partial charge in [0.1, 0.15) is 18.1 Å². The van der Waals surface area contributed by atoms with Gasteiger partial charge in [-0.25, -0.2) is 0 Å². The quantitative estimate of drug-likeness (QED) is 0.657. The molecule has 0 atom stereocenters. The Balaban J connectivity index is 2.04. The van der Waals surface area contributed by atoms with Crippen molar-refractivity contribution in [1.29, 1.82) is 0 Å². The average Bonchev–Trinajstić information content (AvgIpc) is 2.45. The summed E-state index contributed by atoms with van der Waals surface area (Å²) >= 11 is 0. The van der Waals surface area contributed by atoms with E-state index in [1.807, 2.05) is 0 Å². The molecule has 0 amide bonds. The number of pyridine rings is 1. The lowest BCUT2D eigenvalue weighted by Gasteiger charge is -2.08.